The van der Waals surface area contributed by atoms with Gasteiger partial charge in [0.05, 0.1) is 75.0 Å². The Morgan fingerprint density at radius 3 is 1.26 bits per heavy atom. The van der Waals surface area contributed by atoms with Crippen molar-refractivity contribution in [2.45, 2.75) is 71.5 Å². The first kappa shape index (κ1) is 50.8. The second-order valence-electron chi connectivity index (χ2n) is 18.3. The number of nitrogens with zero attached hydrogens (tertiary/aromatic N) is 6. The van der Waals surface area contributed by atoms with E-state index < -0.39 is 31.2 Å². The molecule has 4 saturated heterocycles. The van der Waals surface area contributed by atoms with Crippen molar-refractivity contribution in [2.75, 3.05) is 115 Å². The monoisotopic (exact) mass is 990 g/mol. The van der Waals surface area contributed by atoms with Crippen LogP contribution in [0, 0.1) is 0 Å². The molecule has 4 atom stereocenters. The Hall–Kier alpha value is -3.06. The van der Waals surface area contributed by atoms with Gasteiger partial charge < -0.3 is 39.7 Å². The fourth-order valence-corrected chi connectivity index (χ4v) is 14.2. The highest BCUT2D eigenvalue weighted by Gasteiger charge is 2.39. The number of hydrogen-bond acceptors (Lipinski definition) is 16. The van der Waals surface area contributed by atoms with E-state index in [2.05, 4.69) is 19.6 Å². The van der Waals surface area contributed by atoms with Gasteiger partial charge in [-0.15, -0.1) is 22.7 Å². The van der Waals surface area contributed by atoms with Gasteiger partial charge in [-0.3, -0.25) is 9.80 Å². The number of aliphatic hydroxyl groups is 4. The molecular weight excluding hydrogens is 925 g/mol. The molecule has 0 unspecified atom stereocenters. The lowest BCUT2D eigenvalue weighted by atomic mass is 9.98. The summed E-state index contributed by atoms with van der Waals surface area (Å²) < 4.78 is 67.8. The minimum Gasteiger partial charge on any atom is -0.395 e. The number of hydrogen-bond donors (Lipinski definition) is 4. The number of benzene rings is 2. The van der Waals surface area contributed by atoms with E-state index in [1.165, 1.54) is 22.7 Å². The minimum atomic E-state index is -3.54. The van der Waals surface area contributed by atoms with Gasteiger partial charge in [0, 0.05) is 76.8 Å². The molecule has 4 fully saturated rings. The number of sulfonamides is 2. The van der Waals surface area contributed by atoms with Crippen molar-refractivity contribution >= 4 is 54.1 Å². The van der Waals surface area contributed by atoms with E-state index in [4.69, 9.17) is 9.47 Å². The van der Waals surface area contributed by atoms with E-state index in [0.717, 1.165) is 22.5 Å². The lowest BCUT2D eigenvalue weighted by Gasteiger charge is -2.45. The van der Waals surface area contributed by atoms with Crippen LogP contribution in [0.15, 0.2) is 92.0 Å². The highest BCUT2D eigenvalue weighted by atomic mass is 32.3. The number of aliphatic hydroxyl groups excluding tert-OH is 2. The molecule has 4 N–H and O–H groups in total. The van der Waals surface area contributed by atoms with Gasteiger partial charge in [0.15, 0.2) is 0 Å². The molecule has 364 valence electrons. The molecular formula is C46H66N6O10S4. The second kappa shape index (κ2) is 21.7. The van der Waals surface area contributed by atoms with Crippen LogP contribution in [0.5, 0.6) is 0 Å². The summed E-state index contributed by atoms with van der Waals surface area (Å²) in [7, 11) is -7.09. The highest BCUT2D eigenvalue weighted by Crippen LogP contribution is 2.32. The number of morpholine rings is 2. The van der Waals surface area contributed by atoms with Crippen LogP contribution in [-0.2, 0) is 40.7 Å². The lowest BCUT2D eigenvalue weighted by Crippen LogP contribution is -2.60. The van der Waals surface area contributed by atoms with Gasteiger partial charge in [-0.05, 0) is 86.0 Å². The molecule has 2 aromatic carbocycles. The number of ether oxygens (including phenoxy) is 2. The third kappa shape index (κ3) is 12.0. The van der Waals surface area contributed by atoms with Gasteiger partial charge in [-0.2, -0.15) is 8.61 Å². The fraction of sp³-hybridized carbons (Fsp3) is 0.565. The van der Waals surface area contributed by atoms with Crippen LogP contribution in [0.1, 0.15) is 38.8 Å². The molecule has 20 heteroatoms. The molecule has 0 amide bonds. The zero-order valence-corrected chi connectivity index (χ0v) is 41.5. The number of anilines is 2. The second-order valence-corrected chi connectivity index (χ2v) is 24.5. The SMILES string of the molecule is CC(C)(O)c1ccc(N2CCN(S(=O)(=O)c3cccs3)C[C@@H]2CN2CCOC[C@H]2CO)cc1.CC(C)(O)c1ccc(N2CCN(S(=O)(=O)c3cccs3)C[C@H]2CN2CCOC[C@H]2CO)cc1. The normalized spacial score (nSPS) is 23.7. The maximum atomic E-state index is 13.2. The van der Waals surface area contributed by atoms with E-state index in [1.54, 1.807) is 71.3 Å². The average molecular weight is 991 g/mol. The zero-order valence-electron chi connectivity index (χ0n) is 38.3. The molecule has 4 aromatic rings. The Balaban J connectivity index is 0.000000196. The summed E-state index contributed by atoms with van der Waals surface area (Å²) in [6.45, 7) is 14.5. The summed E-state index contributed by atoms with van der Waals surface area (Å²) in [4.78, 5) is 8.90. The standard InChI is InChI=1S/2C23H33N3O5S2/c2*1-23(2,28)18-5-7-19(8-6-18)26-10-9-25(33(29,30)22-4-3-13-32-22)15-20(26)14-24-11-12-31-17-21(24)16-27/h2*3-8,13,20-21,27-28H,9-12,14-17H2,1-2H3/t20-,21+;20-,21-/m01/s1. The molecule has 0 spiro atoms. The first-order chi connectivity index (χ1) is 31.4. The van der Waals surface area contributed by atoms with Crippen LogP contribution in [0.3, 0.4) is 0 Å². The zero-order chi connectivity index (χ0) is 47.3. The number of rotatable bonds is 14. The van der Waals surface area contributed by atoms with Gasteiger partial charge in [0.25, 0.3) is 20.0 Å². The van der Waals surface area contributed by atoms with E-state index in [-0.39, 0.29) is 37.4 Å². The van der Waals surface area contributed by atoms with E-state index in [0.29, 0.717) is 100 Å². The molecule has 4 aliphatic heterocycles. The van der Waals surface area contributed by atoms with Crippen LogP contribution in [0.25, 0.3) is 0 Å². The third-order valence-corrected chi connectivity index (χ3v) is 19.4. The maximum Gasteiger partial charge on any atom is 0.252 e. The summed E-state index contributed by atoms with van der Waals surface area (Å²) in [5, 5.41) is 43.8. The van der Waals surface area contributed by atoms with Gasteiger partial charge in [0.1, 0.15) is 8.42 Å². The Bertz CT molecular complexity index is 2180. The predicted molar refractivity (Wildman–Crippen MR) is 258 cm³/mol. The summed E-state index contributed by atoms with van der Waals surface area (Å²) in [6, 6.07) is 22.1. The van der Waals surface area contributed by atoms with Gasteiger partial charge in [-0.25, -0.2) is 16.8 Å². The molecule has 0 saturated carbocycles. The highest BCUT2D eigenvalue weighted by molar-refractivity contribution is 7.91. The van der Waals surface area contributed by atoms with Crippen molar-refractivity contribution in [3.63, 3.8) is 0 Å². The van der Waals surface area contributed by atoms with Crippen LogP contribution >= 0.6 is 22.7 Å². The van der Waals surface area contributed by atoms with Crippen molar-refractivity contribution in [2.24, 2.45) is 0 Å². The van der Waals surface area contributed by atoms with Crippen molar-refractivity contribution in [3.05, 3.63) is 94.7 Å². The maximum absolute atomic E-state index is 13.2. The molecule has 6 heterocycles. The molecule has 2 aromatic heterocycles. The summed E-state index contributed by atoms with van der Waals surface area (Å²) in [5.41, 5.74) is 1.80. The summed E-state index contributed by atoms with van der Waals surface area (Å²) in [6.07, 6.45) is 0. The Morgan fingerprint density at radius 1 is 0.561 bits per heavy atom. The first-order valence-electron chi connectivity index (χ1n) is 22.5. The van der Waals surface area contributed by atoms with E-state index >= 15 is 0 Å². The van der Waals surface area contributed by atoms with Crippen molar-refractivity contribution in [3.8, 4) is 0 Å². The molecule has 16 nitrogen and oxygen atoms in total. The third-order valence-electron chi connectivity index (χ3n) is 12.9. The minimum absolute atomic E-state index is 0.00417. The quantitative estimate of drug-likeness (QED) is 0.145. The molecule has 0 radical (unpaired) electrons. The Morgan fingerprint density at radius 2 is 0.939 bits per heavy atom. The summed E-state index contributed by atoms with van der Waals surface area (Å²) in [5.74, 6) is 0. The van der Waals surface area contributed by atoms with Crippen LogP contribution in [-0.4, -0.2) is 185 Å². The molecule has 0 bridgehead atoms. The summed E-state index contributed by atoms with van der Waals surface area (Å²) >= 11 is 2.48. The van der Waals surface area contributed by atoms with Crippen LogP contribution < -0.4 is 9.80 Å². The van der Waals surface area contributed by atoms with E-state index in [9.17, 15) is 37.3 Å². The first-order valence-corrected chi connectivity index (χ1v) is 27.2. The number of thiophene rings is 2. The fourth-order valence-electron chi connectivity index (χ4n) is 9.02. The van der Waals surface area contributed by atoms with Crippen molar-refractivity contribution in [1.29, 1.82) is 0 Å². The Kier molecular flexibility index (Phi) is 16.7. The van der Waals surface area contributed by atoms with Crippen molar-refractivity contribution < 1.29 is 46.7 Å². The van der Waals surface area contributed by atoms with Crippen molar-refractivity contribution in [1.82, 2.24) is 18.4 Å². The smallest absolute Gasteiger partial charge is 0.252 e. The van der Waals surface area contributed by atoms with Gasteiger partial charge >= 0.3 is 0 Å². The molecule has 8 rings (SSSR count). The molecule has 4 aliphatic rings. The average Bonchev–Trinajstić information content (AvgIpc) is 4.07. The van der Waals surface area contributed by atoms with Gasteiger partial charge in [-0.1, -0.05) is 36.4 Å². The van der Waals surface area contributed by atoms with E-state index in [1.807, 2.05) is 48.5 Å². The van der Waals surface area contributed by atoms with Crippen LogP contribution in [0.4, 0.5) is 11.4 Å². The topological polar surface area (TPSA) is 187 Å². The predicted octanol–water partition coefficient (Wildman–Crippen LogP) is 3.10. The Labute approximate surface area is 398 Å². The molecule has 66 heavy (non-hydrogen) atoms. The number of piperazine rings is 2. The van der Waals surface area contributed by atoms with Crippen LogP contribution in [0.2, 0.25) is 0 Å². The largest absolute Gasteiger partial charge is 0.395 e. The van der Waals surface area contributed by atoms with Gasteiger partial charge in [0.2, 0.25) is 0 Å². The lowest BCUT2D eigenvalue weighted by molar-refractivity contribution is -0.0309. The molecule has 0 aliphatic carbocycles.